The standard InChI is InChI=1S/C13H21FN2O2/c1-16(11-6-4-5-10(14)7-11)12(9-15)8-13(17-2)18-3/h4-7,12-13H,8-9,15H2,1-3H3. The Morgan fingerprint density at radius 3 is 2.50 bits per heavy atom. The number of rotatable bonds is 7. The van der Waals surface area contributed by atoms with Gasteiger partial charge in [0.1, 0.15) is 5.82 Å². The number of methoxy groups -OCH3 is 2. The maximum atomic E-state index is 13.2. The predicted octanol–water partition coefficient (Wildman–Crippen LogP) is 1.60. The minimum atomic E-state index is -0.311. The maximum Gasteiger partial charge on any atom is 0.158 e. The van der Waals surface area contributed by atoms with Gasteiger partial charge in [0.2, 0.25) is 0 Å². The maximum absolute atomic E-state index is 13.2. The highest BCUT2D eigenvalue weighted by Gasteiger charge is 2.19. The van der Waals surface area contributed by atoms with Crippen molar-refractivity contribution in [2.75, 3.05) is 32.7 Å². The normalized spacial score (nSPS) is 12.8. The molecule has 0 saturated carbocycles. The molecule has 0 aliphatic rings. The van der Waals surface area contributed by atoms with Gasteiger partial charge in [-0.05, 0) is 18.2 Å². The van der Waals surface area contributed by atoms with Gasteiger partial charge in [0, 0.05) is 46.0 Å². The Balaban J connectivity index is 2.75. The van der Waals surface area contributed by atoms with Gasteiger partial charge in [-0.2, -0.15) is 0 Å². The Kier molecular flexibility index (Phi) is 6.04. The van der Waals surface area contributed by atoms with Crippen molar-refractivity contribution in [3.05, 3.63) is 30.1 Å². The van der Waals surface area contributed by atoms with Crippen LogP contribution in [0.4, 0.5) is 10.1 Å². The number of hydrogen-bond donors (Lipinski definition) is 1. The molecule has 0 aliphatic heterocycles. The second-order valence-corrected chi connectivity index (χ2v) is 4.12. The van der Waals surface area contributed by atoms with Crippen molar-refractivity contribution >= 4 is 5.69 Å². The molecule has 4 nitrogen and oxygen atoms in total. The van der Waals surface area contributed by atoms with Crippen LogP contribution in [0.15, 0.2) is 24.3 Å². The molecule has 18 heavy (non-hydrogen) atoms. The number of nitrogens with two attached hydrogens (primary N) is 1. The number of halogens is 1. The number of ether oxygens (including phenoxy) is 2. The molecule has 1 aromatic rings. The van der Waals surface area contributed by atoms with Crippen LogP contribution in [-0.4, -0.2) is 40.1 Å². The molecular formula is C13H21FN2O2. The fraction of sp³-hybridized carbons (Fsp3) is 0.538. The van der Waals surface area contributed by atoms with E-state index in [1.807, 2.05) is 18.0 Å². The molecule has 1 aromatic carbocycles. The molecule has 0 radical (unpaired) electrons. The zero-order chi connectivity index (χ0) is 13.5. The first-order valence-electron chi connectivity index (χ1n) is 5.86. The lowest BCUT2D eigenvalue weighted by Gasteiger charge is -2.31. The SMILES string of the molecule is COC(CC(CN)N(C)c1cccc(F)c1)OC. The molecule has 0 saturated heterocycles. The van der Waals surface area contributed by atoms with E-state index in [0.717, 1.165) is 5.69 Å². The summed E-state index contributed by atoms with van der Waals surface area (Å²) in [5, 5.41) is 0. The van der Waals surface area contributed by atoms with Gasteiger partial charge in [-0.1, -0.05) is 6.07 Å². The first-order valence-corrected chi connectivity index (χ1v) is 5.86. The lowest BCUT2D eigenvalue weighted by Crippen LogP contribution is -2.41. The highest BCUT2D eigenvalue weighted by molar-refractivity contribution is 5.46. The Morgan fingerprint density at radius 2 is 2.00 bits per heavy atom. The van der Waals surface area contributed by atoms with E-state index < -0.39 is 0 Å². The van der Waals surface area contributed by atoms with E-state index in [1.165, 1.54) is 12.1 Å². The van der Waals surface area contributed by atoms with Crippen molar-refractivity contribution in [2.24, 2.45) is 5.73 Å². The number of hydrogen-bond acceptors (Lipinski definition) is 4. The zero-order valence-electron chi connectivity index (χ0n) is 11.1. The number of anilines is 1. The van der Waals surface area contributed by atoms with Crippen molar-refractivity contribution in [3.63, 3.8) is 0 Å². The molecule has 5 heteroatoms. The Bertz CT molecular complexity index is 359. The molecule has 2 N–H and O–H groups in total. The second kappa shape index (κ2) is 7.31. The highest BCUT2D eigenvalue weighted by Crippen LogP contribution is 2.19. The van der Waals surface area contributed by atoms with Gasteiger partial charge in [0.15, 0.2) is 6.29 Å². The minimum Gasteiger partial charge on any atom is -0.370 e. The van der Waals surface area contributed by atoms with Crippen LogP contribution in [0, 0.1) is 5.82 Å². The van der Waals surface area contributed by atoms with Gasteiger partial charge in [-0.3, -0.25) is 0 Å². The van der Waals surface area contributed by atoms with Crippen molar-refractivity contribution in [1.29, 1.82) is 0 Å². The van der Waals surface area contributed by atoms with E-state index in [4.69, 9.17) is 15.2 Å². The van der Waals surface area contributed by atoms with Gasteiger partial charge in [0.25, 0.3) is 0 Å². The van der Waals surface area contributed by atoms with Crippen LogP contribution in [0.1, 0.15) is 6.42 Å². The molecule has 0 aromatic heterocycles. The summed E-state index contributed by atoms with van der Waals surface area (Å²) in [6.07, 6.45) is 0.311. The van der Waals surface area contributed by atoms with E-state index in [2.05, 4.69) is 0 Å². The Labute approximate surface area is 107 Å². The summed E-state index contributed by atoms with van der Waals surface area (Å²) in [7, 11) is 5.06. The first kappa shape index (κ1) is 14.9. The fourth-order valence-electron chi connectivity index (χ4n) is 1.83. The second-order valence-electron chi connectivity index (χ2n) is 4.12. The van der Waals surface area contributed by atoms with E-state index in [9.17, 15) is 4.39 Å². The van der Waals surface area contributed by atoms with E-state index in [0.29, 0.717) is 13.0 Å². The summed E-state index contributed by atoms with van der Waals surface area (Å²) >= 11 is 0. The summed E-state index contributed by atoms with van der Waals surface area (Å²) < 4.78 is 23.5. The van der Waals surface area contributed by atoms with Crippen LogP contribution in [0.5, 0.6) is 0 Å². The topological polar surface area (TPSA) is 47.7 Å². The number of nitrogens with zero attached hydrogens (tertiary/aromatic N) is 1. The molecule has 0 fully saturated rings. The van der Waals surface area contributed by atoms with Gasteiger partial charge in [-0.25, -0.2) is 4.39 Å². The van der Waals surface area contributed by atoms with Gasteiger partial charge in [-0.15, -0.1) is 0 Å². The van der Waals surface area contributed by atoms with Gasteiger partial charge < -0.3 is 20.1 Å². The molecule has 0 amide bonds. The molecule has 1 unspecified atom stereocenters. The largest absolute Gasteiger partial charge is 0.370 e. The van der Waals surface area contributed by atoms with E-state index >= 15 is 0 Å². The molecular weight excluding hydrogens is 235 g/mol. The number of benzene rings is 1. The van der Waals surface area contributed by atoms with Crippen LogP contribution >= 0.6 is 0 Å². The molecule has 1 rings (SSSR count). The lowest BCUT2D eigenvalue weighted by molar-refractivity contribution is -0.108. The van der Waals surface area contributed by atoms with Crippen LogP contribution in [0.3, 0.4) is 0 Å². The zero-order valence-corrected chi connectivity index (χ0v) is 11.1. The summed E-state index contributed by atoms with van der Waals surface area (Å²) in [5.41, 5.74) is 6.55. The Hall–Kier alpha value is -1.17. The van der Waals surface area contributed by atoms with E-state index in [1.54, 1.807) is 20.3 Å². The van der Waals surface area contributed by atoms with Crippen molar-refractivity contribution in [1.82, 2.24) is 0 Å². The van der Waals surface area contributed by atoms with Crippen molar-refractivity contribution in [2.45, 2.75) is 18.8 Å². The van der Waals surface area contributed by atoms with Gasteiger partial charge in [0.05, 0.1) is 0 Å². The third-order valence-corrected chi connectivity index (χ3v) is 3.03. The molecule has 0 bridgehead atoms. The van der Waals surface area contributed by atoms with Crippen molar-refractivity contribution < 1.29 is 13.9 Å². The molecule has 0 spiro atoms. The number of likely N-dealkylation sites (N-methyl/N-ethyl adjacent to an activating group) is 1. The summed E-state index contributed by atoms with van der Waals surface area (Å²) in [4.78, 5) is 1.94. The summed E-state index contributed by atoms with van der Waals surface area (Å²) in [6, 6.07) is 6.45. The van der Waals surface area contributed by atoms with Crippen molar-refractivity contribution in [3.8, 4) is 0 Å². The molecule has 1 atom stereocenters. The molecule has 0 aliphatic carbocycles. The van der Waals surface area contributed by atoms with Crippen LogP contribution < -0.4 is 10.6 Å². The fourth-order valence-corrected chi connectivity index (χ4v) is 1.83. The van der Waals surface area contributed by atoms with Gasteiger partial charge >= 0.3 is 0 Å². The average Bonchev–Trinajstić information content (AvgIpc) is 2.39. The van der Waals surface area contributed by atoms with Crippen LogP contribution in [0.25, 0.3) is 0 Å². The quantitative estimate of drug-likeness (QED) is 0.753. The third-order valence-electron chi connectivity index (χ3n) is 3.03. The highest BCUT2D eigenvalue weighted by atomic mass is 19.1. The molecule has 0 heterocycles. The third kappa shape index (κ3) is 3.94. The predicted molar refractivity (Wildman–Crippen MR) is 70.1 cm³/mol. The molecule has 102 valence electrons. The van der Waals surface area contributed by atoms with Crippen LogP contribution in [0.2, 0.25) is 0 Å². The first-order chi connectivity index (χ1) is 8.62. The minimum absolute atomic E-state index is 0.0247. The van der Waals surface area contributed by atoms with E-state index in [-0.39, 0.29) is 18.1 Å². The Morgan fingerprint density at radius 1 is 1.33 bits per heavy atom. The monoisotopic (exact) mass is 256 g/mol. The van der Waals surface area contributed by atoms with Crippen LogP contribution in [-0.2, 0) is 9.47 Å². The lowest BCUT2D eigenvalue weighted by atomic mass is 10.1. The summed E-state index contributed by atoms with van der Waals surface area (Å²) in [5.74, 6) is -0.259. The smallest absolute Gasteiger partial charge is 0.158 e. The summed E-state index contributed by atoms with van der Waals surface area (Å²) in [6.45, 7) is 0.441. The average molecular weight is 256 g/mol.